The SMILES string of the molecule is CCCCCCCCCCCC[NH+]1C=CN(c2ccc3c(c2)Cc2ccccc2-3)C1.O=S(=O)([N-]S(=O)(=O)C(F)(F)F)C(F)(F)F. The van der Waals surface area contributed by atoms with Crippen LogP contribution in [0.15, 0.2) is 54.9 Å². The van der Waals surface area contributed by atoms with Gasteiger partial charge in [0.05, 0.1) is 12.7 Å². The fraction of sp³-hybridized carbons (Fsp3) is 0.533. The summed E-state index contributed by atoms with van der Waals surface area (Å²) < 4.78 is 109. The highest BCUT2D eigenvalue weighted by Gasteiger charge is 2.47. The molecule has 1 atom stereocenters. The summed E-state index contributed by atoms with van der Waals surface area (Å²) in [7, 11) is -13.4. The second-order valence-corrected chi connectivity index (χ2v) is 14.5. The van der Waals surface area contributed by atoms with E-state index >= 15 is 0 Å². The van der Waals surface area contributed by atoms with E-state index in [1.54, 1.807) is 4.90 Å². The van der Waals surface area contributed by atoms with Crippen molar-refractivity contribution in [3.63, 3.8) is 0 Å². The molecular formula is C30H39F6N3O4S2. The molecule has 0 aromatic heterocycles. The molecule has 1 aliphatic carbocycles. The lowest BCUT2D eigenvalue weighted by Gasteiger charge is -2.22. The molecule has 7 nitrogen and oxygen atoms in total. The second kappa shape index (κ2) is 15.8. The van der Waals surface area contributed by atoms with Crippen LogP contribution in [0, 0.1) is 0 Å². The number of hydrogen-bond acceptors (Lipinski definition) is 5. The predicted molar refractivity (Wildman–Crippen MR) is 162 cm³/mol. The molecule has 1 heterocycles. The van der Waals surface area contributed by atoms with E-state index in [9.17, 15) is 43.2 Å². The number of nitrogens with zero attached hydrogens (tertiary/aromatic N) is 2. The molecule has 252 valence electrons. The zero-order valence-electron chi connectivity index (χ0n) is 25.0. The molecule has 0 fully saturated rings. The van der Waals surface area contributed by atoms with Crippen LogP contribution < -0.4 is 9.80 Å². The number of sulfonamides is 2. The normalized spacial score (nSPS) is 16.3. The van der Waals surface area contributed by atoms with Crippen molar-refractivity contribution in [2.75, 3.05) is 18.1 Å². The highest BCUT2D eigenvalue weighted by molar-refractivity contribution is 8.13. The molecule has 0 saturated heterocycles. The third-order valence-electron chi connectivity index (χ3n) is 7.61. The zero-order chi connectivity index (χ0) is 33.3. The smallest absolute Gasteiger partial charge is 0.421 e. The van der Waals surface area contributed by atoms with Gasteiger partial charge < -0.3 is 4.13 Å². The Balaban J connectivity index is 0.000000313. The van der Waals surface area contributed by atoms with Gasteiger partial charge in [0.2, 0.25) is 0 Å². The van der Waals surface area contributed by atoms with Crippen molar-refractivity contribution in [1.29, 1.82) is 0 Å². The van der Waals surface area contributed by atoms with Crippen LogP contribution in [-0.2, 0) is 26.5 Å². The Kier molecular flexibility index (Phi) is 12.9. The van der Waals surface area contributed by atoms with Crippen LogP contribution in [0.25, 0.3) is 15.3 Å². The third-order valence-corrected chi connectivity index (χ3v) is 10.3. The van der Waals surface area contributed by atoms with Gasteiger partial charge in [-0.2, -0.15) is 26.3 Å². The van der Waals surface area contributed by atoms with E-state index < -0.39 is 31.1 Å². The van der Waals surface area contributed by atoms with Gasteiger partial charge in [-0.3, -0.25) is 9.80 Å². The highest BCUT2D eigenvalue weighted by atomic mass is 32.3. The zero-order valence-corrected chi connectivity index (χ0v) is 26.6. The van der Waals surface area contributed by atoms with Gasteiger partial charge in [0.15, 0.2) is 26.7 Å². The van der Waals surface area contributed by atoms with Gasteiger partial charge in [-0.1, -0.05) is 88.6 Å². The minimum absolute atomic E-state index is 0.778. The van der Waals surface area contributed by atoms with E-state index in [2.05, 4.69) is 66.7 Å². The maximum absolute atomic E-state index is 11.4. The Labute approximate surface area is 261 Å². The molecule has 2 aromatic carbocycles. The Morgan fingerprint density at radius 3 is 1.84 bits per heavy atom. The molecule has 1 N–H and O–H groups in total. The molecular weight excluding hydrogens is 644 g/mol. The van der Waals surface area contributed by atoms with Gasteiger partial charge in [0.1, 0.15) is 6.20 Å². The molecule has 1 aliphatic heterocycles. The first-order valence-corrected chi connectivity index (χ1v) is 17.8. The molecule has 0 spiro atoms. The van der Waals surface area contributed by atoms with Crippen molar-refractivity contribution < 1.29 is 48.1 Å². The van der Waals surface area contributed by atoms with Gasteiger partial charge in [-0.05, 0) is 53.6 Å². The molecule has 0 bridgehead atoms. The molecule has 45 heavy (non-hydrogen) atoms. The summed E-state index contributed by atoms with van der Waals surface area (Å²) in [4.78, 5) is 4.02. The molecule has 4 rings (SSSR count). The number of hydrogen-bond donors (Lipinski definition) is 1. The summed E-state index contributed by atoms with van der Waals surface area (Å²) in [5.74, 6) is 0. The first-order valence-electron chi connectivity index (χ1n) is 14.9. The van der Waals surface area contributed by atoms with Crippen molar-refractivity contribution in [3.8, 4) is 11.1 Å². The maximum Gasteiger partial charge on any atom is 0.480 e. The molecule has 0 amide bonds. The van der Waals surface area contributed by atoms with E-state index in [-0.39, 0.29) is 0 Å². The lowest BCUT2D eigenvalue weighted by Crippen LogP contribution is -3.07. The first-order chi connectivity index (χ1) is 21.1. The number of alkyl halides is 6. The fourth-order valence-electron chi connectivity index (χ4n) is 5.22. The van der Waals surface area contributed by atoms with Crippen molar-refractivity contribution in [2.24, 2.45) is 0 Å². The minimum atomic E-state index is -6.72. The standard InChI is InChI=1S/C28H38N2.C2F6NO4S2/c1-2-3-4-5-6-7-8-9-10-13-18-29-19-20-30(23-29)26-16-17-28-25(22-26)21-24-14-11-12-15-27(24)28;3-1(4,5)14(10,11)9-15(12,13)2(6,7)8/h11-12,14-17,19-20,22H,2-10,13,18,21,23H2,1H3;/q;-1/p+1. The summed E-state index contributed by atoms with van der Waals surface area (Å²) in [6, 6.07) is 15.9. The van der Waals surface area contributed by atoms with Crippen LogP contribution in [-0.4, -0.2) is 41.1 Å². The van der Waals surface area contributed by atoms with Crippen LogP contribution in [0.3, 0.4) is 0 Å². The maximum atomic E-state index is 11.4. The summed E-state index contributed by atoms with van der Waals surface area (Å²) in [5, 5.41) is 0. The van der Waals surface area contributed by atoms with Crippen LogP contribution in [0.1, 0.15) is 82.3 Å². The quantitative estimate of drug-likeness (QED) is 0.142. The largest absolute Gasteiger partial charge is 0.480 e. The van der Waals surface area contributed by atoms with Gasteiger partial charge in [-0.15, -0.1) is 0 Å². The lowest BCUT2D eigenvalue weighted by molar-refractivity contribution is -0.840. The highest BCUT2D eigenvalue weighted by Crippen LogP contribution is 2.38. The summed E-state index contributed by atoms with van der Waals surface area (Å²) in [6.07, 6.45) is 19.9. The van der Waals surface area contributed by atoms with Crippen LogP contribution in [0.2, 0.25) is 0 Å². The molecule has 1 unspecified atom stereocenters. The molecule has 0 saturated carbocycles. The third kappa shape index (κ3) is 10.4. The fourth-order valence-corrected chi connectivity index (χ4v) is 6.93. The summed E-state index contributed by atoms with van der Waals surface area (Å²) in [5.41, 5.74) is -5.27. The number of unbranched alkanes of at least 4 members (excludes halogenated alkanes) is 9. The summed E-state index contributed by atoms with van der Waals surface area (Å²) >= 11 is 0. The van der Waals surface area contributed by atoms with Crippen LogP contribution >= 0.6 is 0 Å². The Hall–Kier alpha value is -2.62. The predicted octanol–water partition coefficient (Wildman–Crippen LogP) is 7.37. The Bertz CT molecular complexity index is 1470. The number of fused-ring (bicyclic) bond motifs is 3. The molecule has 0 radical (unpaired) electrons. The number of quaternary nitrogens is 1. The van der Waals surface area contributed by atoms with E-state index in [1.807, 2.05) is 0 Å². The average molecular weight is 684 g/mol. The Morgan fingerprint density at radius 2 is 1.27 bits per heavy atom. The number of anilines is 1. The van der Waals surface area contributed by atoms with E-state index in [0.717, 1.165) is 17.2 Å². The van der Waals surface area contributed by atoms with Gasteiger partial charge >= 0.3 is 11.0 Å². The van der Waals surface area contributed by atoms with Crippen molar-refractivity contribution in [2.45, 2.75) is 88.6 Å². The topological polar surface area (TPSA) is 90.1 Å². The van der Waals surface area contributed by atoms with Crippen molar-refractivity contribution in [3.05, 3.63) is 70.1 Å². The first kappa shape index (κ1) is 36.8. The van der Waals surface area contributed by atoms with E-state index in [1.165, 1.54) is 98.7 Å². The van der Waals surface area contributed by atoms with Crippen LogP contribution in [0.5, 0.6) is 0 Å². The monoisotopic (exact) mass is 683 g/mol. The van der Waals surface area contributed by atoms with Gasteiger partial charge in [0, 0.05) is 5.69 Å². The lowest BCUT2D eigenvalue weighted by atomic mass is 10.1. The van der Waals surface area contributed by atoms with Gasteiger partial charge in [-0.25, -0.2) is 16.8 Å². The number of halogens is 6. The minimum Gasteiger partial charge on any atom is -0.421 e. The molecule has 15 heteroatoms. The molecule has 2 aliphatic rings. The number of rotatable bonds is 14. The van der Waals surface area contributed by atoms with E-state index in [4.69, 9.17) is 0 Å². The average Bonchev–Trinajstić information content (AvgIpc) is 3.57. The van der Waals surface area contributed by atoms with E-state index in [0.29, 0.717) is 0 Å². The van der Waals surface area contributed by atoms with Gasteiger partial charge in [0.25, 0.3) is 0 Å². The second-order valence-electron chi connectivity index (χ2n) is 11.1. The van der Waals surface area contributed by atoms with Crippen molar-refractivity contribution >= 4 is 25.7 Å². The Morgan fingerprint density at radius 1 is 0.733 bits per heavy atom. The number of nitrogens with one attached hydrogen (secondary N) is 1. The number of benzene rings is 2. The molecule has 2 aromatic rings. The van der Waals surface area contributed by atoms with Crippen LogP contribution in [0.4, 0.5) is 32.0 Å². The summed E-state index contributed by atoms with van der Waals surface area (Å²) in [6.45, 7) is 4.63. The van der Waals surface area contributed by atoms with Crippen molar-refractivity contribution in [1.82, 2.24) is 0 Å².